The lowest BCUT2D eigenvalue weighted by molar-refractivity contribution is -0.120. The highest BCUT2D eigenvalue weighted by molar-refractivity contribution is 7.99. The minimum absolute atomic E-state index is 0.00284. The van der Waals surface area contributed by atoms with Crippen molar-refractivity contribution in [3.63, 3.8) is 0 Å². The van der Waals surface area contributed by atoms with Crippen LogP contribution in [0, 0.1) is 12.8 Å². The van der Waals surface area contributed by atoms with Gasteiger partial charge in [-0.2, -0.15) is 0 Å². The number of hydrogen-bond donors (Lipinski definition) is 1. The van der Waals surface area contributed by atoms with Gasteiger partial charge in [-0.15, -0.1) is 0 Å². The quantitative estimate of drug-likeness (QED) is 0.482. The Hall–Kier alpha value is -3.39. The molecule has 7 nitrogen and oxygen atoms in total. The lowest BCUT2D eigenvalue weighted by atomic mass is 9.96. The second kappa shape index (κ2) is 11.2. The molecule has 8 heteroatoms. The number of nitrogens with one attached hydrogen (secondary N) is 1. The first-order chi connectivity index (χ1) is 16.5. The summed E-state index contributed by atoms with van der Waals surface area (Å²) in [5.41, 5.74) is 2.36. The lowest BCUT2D eigenvalue weighted by Crippen LogP contribution is -2.38. The van der Waals surface area contributed by atoms with E-state index in [2.05, 4.69) is 51.4 Å². The van der Waals surface area contributed by atoms with E-state index in [4.69, 9.17) is 4.74 Å². The molecule has 1 amide bonds. The summed E-state index contributed by atoms with van der Waals surface area (Å²) in [7, 11) is 0. The van der Waals surface area contributed by atoms with Crippen molar-refractivity contribution in [2.75, 3.05) is 29.9 Å². The van der Waals surface area contributed by atoms with Crippen LogP contribution in [0.15, 0.2) is 70.8 Å². The third kappa shape index (κ3) is 5.94. The average Bonchev–Trinajstić information content (AvgIpc) is 2.86. The molecule has 0 spiro atoms. The third-order valence-corrected chi connectivity index (χ3v) is 6.70. The summed E-state index contributed by atoms with van der Waals surface area (Å²) in [6.45, 7) is 5.64. The predicted octanol–water partition coefficient (Wildman–Crippen LogP) is 4.97. The molecular formula is C26H28N4O3S. The Kier molecular flexibility index (Phi) is 7.80. The van der Waals surface area contributed by atoms with E-state index >= 15 is 0 Å². The minimum Gasteiger partial charge on any atom is -0.462 e. The van der Waals surface area contributed by atoms with E-state index in [9.17, 15) is 9.59 Å². The average molecular weight is 477 g/mol. The maximum absolute atomic E-state index is 12.8. The Morgan fingerprint density at radius 1 is 1.03 bits per heavy atom. The van der Waals surface area contributed by atoms with Gasteiger partial charge in [0.05, 0.1) is 12.2 Å². The second-order valence-corrected chi connectivity index (χ2v) is 9.21. The van der Waals surface area contributed by atoms with Crippen LogP contribution >= 0.6 is 11.8 Å². The molecule has 34 heavy (non-hydrogen) atoms. The van der Waals surface area contributed by atoms with E-state index in [1.807, 2.05) is 0 Å². The van der Waals surface area contributed by atoms with Crippen LogP contribution in [0.25, 0.3) is 0 Å². The maximum Gasteiger partial charge on any atom is 0.338 e. The summed E-state index contributed by atoms with van der Waals surface area (Å²) in [6.07, 6.45) is 4.90. The van der Waals surface area contributed by atoms with Gasteiger partial charge in [0.25, 0.3) is 0 Å². The number of ether oxygens (including phenoxy) is 1. The van der Waals surface area contributed by atoms with Crippen molar-refractivity contribution < 1.29 is 14.3 Å². The van der Waals surface area contributed by atoms with Gasteiger partial charge in [0.2, 0.25) is 5.91 Å². The topological polar surface area (TPSA) is 84.4 Å². The molecule has 1 saturated heterocycles. The zero-order valence-electron chi connectivity index (χ0n) is 19.4. The number of rotatable bonds is 7. The van der Waals surface area contributed by atoms with E-state index in [1.165, 1.54) is 5.56 Å². The molecule has 2 heterocycles. The molecule has 4 rings (SSSR count). The van der Waals surface area contributed by atoms with E-state index < -0.39 is 0 Å². The summed E-state index contributed by atoms with van der Waals surface area (Å²) < 4.78 is 4.99. The number of carbonyl (C=O) groups is 2. The summed E-state index contributed by atoms with van der Waals surface area (Å²) in [6, 6.07) is 15.2. The predicted molar refractivity (Wildman–Crippen MR) is 133 cm³/mol. The van der Waals surface area contributed by atoms with Gasteiger partial charge in [-0.05, 0) is 63.1 Å². The smallest absolute Gasteiger partial charge is 0.338 e. The van der Waals surface area contributed by atoms with Crippen molar-refractivity contribution in [2.24, 2.45) is 5.92 Å². The van der Waals surface area contributed by atoms with E-state index in [0.29, 0.717) is 17.9 Å². The SMILES string of the molecule is CCOC(=O)c1ccc(NC(=O)C2CCN(c3nccnc3Sc3ccc(C)cc3)CC2)cc1. The van der Waals surface area contributed by atoms with Crippen LogP contribution in [0.5, 0.6) is 0 Å². The van der Waals surface area contributed by atoms with Gasteiger partial charge in [0.15, 0.2) is 5.82 Å². The summed E-state index contributed by atoms with van der Waals surface area (Å²) in [4.78, 5) is 37.1. The fourth-order valence-electron chi connectivity index (χ4n) is 3.83. The number of piperidine rings is 1. The Balaban J connectivity index is 1.34. The number of aromatic nitrogens is 2. The monoisotopic (exact) mass is 476 g/mol. The number of hydrogen-bond acceptors (Lipinski definition) is 7. The minimum atomic E-state index is -0.364. The van der Waals surface area contributed by atoms with Gasteiger partial charge in [-0.25, -0.2) is 14.8 Å². The Bertz CT molecular complexity index is 1130. The molecule has 1 aliphatic rings. The Morgan fingerprint density at radius 3 is 2.38 bits per heavy atom. The van der Waals surface area contributed by atoms with Crippen molar-refractivity contribution >= 4 is 35.1 Å². The van der Waals surface area contributed by atoms with Crippen LogP contribution in [-0.4, -0.2) is 41.5 Å². The first-order valence-corrected chi connectivity index (χ1v) is 12.2. The Labute approximate surface area is 203 Å². The largest absolute Gasteiger partial charge is 0.462 e. The first kappa shape index (κ1) is 23.8. The van der Waals surface area contributed by atoms with Crippen LogP contribution in [0.1, 0.15) is 35.7 Å². The highest BCUT2D eigenvalue weighted by Crippen LogP contribution is 2.34. The molecule has 0 atom stereocenters. The molecule has 1 aliphatic heterocycles. The molecule has 0 bridgehead atoms. The number of anilines is 2. The van der Waals surface area contributed by atoms with Crippen molar-refractivity contribution in [1.82, 2.24) is 9.97 Å². The number of esters is 1. The molecule has 0 aliphatic carbocycles. The standard InChI is InChI=1S/C26H28N4O3S/c1-3-33-26(32)20-6-8-21(9-7-20)29-24(31)19-12-16-30(17-13-19)23-25(28-15-14-27-23)34-22-10-4-18(2)5-11-22/h4-11,14-15,19H,3,12-13,16-17H2,1-2H3,(H,29,31). The number of nitrogens with zero attached hydrogens (tertiary/aromatic N) is 3. The second-order valence-electron chi connectivity index (χ2n) is 8.15. The van der Waals surface area contributed by atoms with Crippen LogP contribution in [-0.2, 0) is 9.53 Å². The van der Waals surface area contributed by atoms with Gasteiger partial charge < -0.3 is 15.0 Å². The number of aryl methyl sites for hydroxylation is 1. The molecular weight excluding hydrogens is 448 g/mol. The van der Waals surface area contributed by atoms with Crippen molar-refractivity contribution in [2.45, 2.75) is 36.6 Å². The van der Waals surface area contributed by atoms with Crippen molar-refractivity contribution in [3.05, 3.63) is 72.1 Å². The lowest BCUT2D eigenvalue weighted by Gasteiger charge is -2.32. The van der Waals surface area contributed by atoms with Crippen LogP contribution in [0.3, 0.4) is 0 Å². The van der Waals surface area contributed by atoms with Gasteiger partial charge in [0, 0.05) is 42.0 Å². The zero-order chi connectivity index (χ0) is 23.9. The highest BCUT2D eigenvalue weighted by Gasteiger charge is 2.27. The normalized spacial score (nSPS) is 14.0. The maximum atomic E-state index is 12.8. The fourth-order valence-corrected chi connectivity index (χ4v) is 4.71. The molecule has 2 aromatic carbocycles. The summed E-state index contributed by atoms with van der Waals surface area (Å²) in [5.74, 6) is 0.418. The summed E-state index contributed by atoms with van der Waals surface area (Å²) >= 11 is 1.60. The van der Waals surface area contributed by atoms with Crippen molar-refractivity contribution in [1.29, 1.82) is 0 Å². The third-order valence-electron chi connectivity index (χ3n) is 5.71. The van der Waals surface area contributed by atoms with Crippen LogP contribution in [0.2, 0.25) is 0 Å². The van der Waals surface area contributed by atoms with Crippen LogP contribution < -0.4 is 10.2 Å². The fraction of sp³-hybridized carbons (Fsp3) is 0.308. The van der Waals surface area contributed by atoms with Crippen molar-refractivity contribution in [3.8, 4) is 0 Å². The molecule has 176 valence electrons. The van der Waals surface area contributed by atoms with Gasteiger partial charge in [-0.3, -0.25) is 4.79 Å². The molecule has 1 aromatic heterocycles. The van der Waals surface area contributed by atoms with E-state index in [1.54, 1.807) is 55.3 Å². The van der Waals surface area contributed by atoms with Crippen LogP contribution in [0.4, 0.5) is 11.5 Å². The molecule has 0 saturated carbocycles. The zero-order valence-corrected chi connectivity index (χ0v) is 20.2. The van der Waals surface area contributed by atoms with Gasteiger partial charge >= 0.3 is 5.97 Å². The van der Waals surface area contributed by atoms with Gasteiger partial charge in [-0.1, -0.05) is 29.5 Å². The Morgan fingerprint density at radius 2 is 1.71 bits per heavy atom. The number of amides is 1. The van der Waals surface area contributed by atoms with Gasteiger partial charge in [0.1, 0.15) is 5.03 Å². The summed E-state index contributed by atoms with van der Waals surface area (Å²) in [5, 5.41) is 3.84. The van der Waals surface area contributed by atoms with E-state index in [0.717, 1.165) is 41.7 Å². The first-order valence-electron chi connectivity index (χ1n) is 11.4. The molecule has 1 N–H and O–H groups in total. The molecule has 3 aromatic rings. The molecule has 0 unspecified atom stereocenters. The number of carbonyl (C=O) groups excluding carboxylic acids is 2. The molecule has 1 fully saturated rings. The highest BCUT2D eigenvalue weighted by atomic mass is 32.2. The molecule has 0 radical (unpaired) electrons. The van der Waals surface area contributed by atoms with E-state index in [-0.39, 0.29) is 17.8 Å². The number of benzene rings is 2.